The Morgan fingerprint density at radius 2 is 1.08 bits per heavy atom. The zero-order valence-corrected chi connectivity index (χ0v) is 29.7. The van der Waals surface area contributed by atoms with Crippen LogP contribution >= 0.6 is 0 Å². The van der Waals surface area contributed by atoms with Gasteiger partial charge in [0.1, 0.15) is 54.9 Å². The smallest absolute Gasteiger partial charge is 0.306 e. The molecule has 0 aromatic carbocycles. The first kappa shape index (κ1) is 44.2. The molecule has 0 amide bonds. The van der Waals surface area contributed by atoms with Crippen molar-refractivity contribution in [1.29, 1.82) is 0 Å². The van der Waals surface area contributed by atoms with Crippen molar-refractivity contribution in [3.05, 3.63) is 0 Å². The van der Waals surface area contributed by atoms with Crippen molar-refractivity contribution in [2.75, 3.05) is 33.0 Å². The third-order valence-corrected chi connectivity index (χ3v) is 9.12. The molecule has 14 heteroatoms. The van der Waals surface area contributed by atoms with Crippen LogP contribution in [0.25, 0.3) is 0 Å². The van der Waals surface area contributed by atoms with Crippen molar-refractivity contribution in [2.45, 2.75) is 184 Å². The van der Waals surface area contributed by atoms with E-state index in [1.54, 1.807) is 0 Å². The van der Waals surface area contributed by atoms with Gasteiger partial charge in [-0.25, -0.2) is 0 Å². The standard InChI is InChI=1S/C35H66O14/c1-3-5-7-8-9-10-11-12-13-14-15-17-19-44-21-24(47-27(37)18-16-6-4-2)22-45-34-33(43)31(41)29(39)26(49-34)23-46-35-32(42)30(40)28(38)25(20-36)48-35/h24-26,28-36,38-43H,3-23H2,1-2H3. The van der Waals surface area contributed by atoms with E-state index in [0.29, 0.717) is 13.0 Å². The summed E-state index contributed by atoms with van der Waals surface area (Å²) in [5, 5.41) is 71.2. The van der Waals surface area contributed by atoms with E-state index in [4.69, 9.17) is 28.4 Å². The van der Waals surface area contributed by atoms with E-state index in [9.17, 15) is 40.5 Å². The highest BCUT2D eigenvalue weighted by atomic mass is 16.7. The van der Waals surface area contributed by atoms with Gasteiger partial charge in [-0.3, -0.25) is 4.79 Å². The number of hydrogen-bond acceptors (Lipinski definition) is 14. The van der Waals surface area contributed by atoms with Crippen molar-refractivity contribution >= 4 is 5.97 Å². The molecule has 11 unspecified atom stereocenters. The molecule has 49 heavy (non-hydrogen) atoms. The zero-order valence-electron chi connectivity index (χ0n) is 29.7. The molecule has 14 nitrogen and oxygen atoms in total. The summed E-state index contributed by atoms with van der Waals surface area (Å²) in [5.74, 6) is -0.401. The molecule has 2 rings (SSSR count). The van der Waals surface area contributed by atoms with Crippen LogP contribution in [0.5, 0.6) is 0 Å². The molecule has 0 radical (unpaired) electrons. The molecule has 2 heterocycles. The Balaban J connectivity index is 1.81. The summed E-state index contributed by atoms with van der Waals surface area (Å²) in [7, 11) is 0. The highest BCUT2D eigenvalue weighted by Crippen LogP contribution is 2.26. The molecule has 0 aromatic heterocycles. The van der Waals surface area contributed by atoms with Gasteiger partial charge in [0.2, 0.25) is 0 Å². The second-order valence-electron chi connectivity index (χ2n) is 13.4. The monoisotopic (exact) mass is 710 g/mol. The van der Waals surface area contributed by atoms with Crippen molar-refractivity contribution in [3.63, 3.8) is 0 Å². The molecule has 0 bridgehead atoms. The average Bonchev–Trinajstić information content (AvgIpc) is 3.09. The lowest BCUT2D eigenvalue weighted by Gasteiger charge is -2.42. The summed E-state index contributed by atoms with van der Waals surface area (Å²) in [6, 6.07) is 0. The van der Waals surface area contributed by atoms with Crippen LogP contribution in [0.2, 0.25) is 0 Å². The number of rotatable bonds is 27. The second-order valence-corrected chi connectivity index (χ2v) is 13.4. The first-order chi connectivity index (χ1) is 23.6. The van der Waals surface area contributed by atoms with E-state index in [1.807, 2.05) is 6.92 Å². The highest BCUT2D eigenvalue weighted by molar-refractivity contribution is 5.69. The lowest BCUT2D eigenvalue weighted by atomic mass is 9.98. The van der Waals surface area contributed by atoms with Crippen LogP contribution in [-0.4, -0.2) is 142 Å². The summed E-state index contributed by atoms with van der Waals surface area (Å²) in [6.07, 6.45) is 1.42. The quantitative estimate of drug-likeness (QED) is 0.0479. The van der Waals surface area contributed by atoms with Crippen LogP contribution in [-0.2, 0) is 33.2 Å². The van der Waals surface area contributed by atoms with Crippen LogP contribution in [0.15, 0.2) is 0 Å². The molecule has 7 N–H and O–H groups in total. The Kier molecular flexibility index (Phi) is 23.3. The van der Waals surface area contributed by atoms with Crippen LogP contribution in [0.1, 0.15) is 117 Å². The summed E-state index contributed by atoms with van der Waals surface area (Å²) >= 11 is 0. The second kappa shape index (κ2) is 25.9. The van der Waals surface area contributed by atoms with Crippen molar-refractivity contribution in [2.24, 2.45) is 0 Å². The molecule has 0 aromatic rings. The maximum absolute atomic E-state index is 12.5. The van der Waals surface area contributed by atoms with E-state index in [1.165, 1.54) is 57.8 Å². The number of hydrogen-bond donors (Lipinski definition) is 7. The number of ether oxygens (including phenoxy) is 6. The van der Waals surface area contributed by atoms with Gasteiger partial charge in [0, 0.05) is 13.0 Å². The van der Waals surface area contributed by atoms with E-state index < -0.39 is 86.7 Å². The summed E-state index contributed by atoms with van der Waals surface area (Å²) in [4.78, 5) is 12.5. The minimum atomic E-state index is -1.70. The highest BCUT2D eigenvalue weighted by Gasteiger charge is 2.47. The van der Waals surface area contributed by atoms with Gasteiger partial charge in [0.15, 0.2) is 12.6 Å². The fraction of sp³-hybridized carbons (Fsp3) is 0.971. The van der Waals surface area contributed by atoms with Crippen molar-refractivity contribution in [1.82, 2.24) is 0 Å². The fourth-order valence-corrected chi connectivity index (χ4v) is 5.93. The number of unbranched alkanes of at least 4 members (excludes halogenated alkanes) is 13. The number of carbonyl (C=O) groups is 1. The zero-order chi connectivity index (χ0) is 36.0. The van der Waals surface area contributed by atoms with Gasteiger partial charge in [-0.1, -0.05) is 97.3 Å². The fourth-order valence-electron chi connectivity index (χ4n) is 5.93. The summed E-state index contributed by atoms with van der Waals surface area (Å²) < 4.78 is 33.6. The van der Waals surface area contributed by atoms with Crippen LogP contribution < -0.4 is 0 Å². The van der Waals surface area contributed by atoms with Gasteiger partial charge in [0.25, 0.3) is 0 Å². The van der Waals surface area contributed by atoms with Gasteiger partial charge in [-0.15, -0.1) is 0 Å². The first-order valence-corrected chi connectivity index (χ1v) is 18.6. The molecule has 2 aliphatic heterocycles. The molecule has 0 aliphatic carbocycles. The minimum absolute atomic E-state index is 0.0647. The lowest BCUT2D eigenvalue weighted by molar-refractivity contribution is -0.332. The molecule has 0 saturated carbocycles. The number of aliphatic hydroxyl groups is 7. The van der Waals surface area contributed by atoms with Gasteiger partial charge in [-0.2, -0.15) is 0 Å². The third kappa shape index (κ3) is 16.5. The molecule has 2 fully saturated rings. The Labute approximate surface area is 292 Å². The summed E-state index contributed by atoms with van der Waals surface area (Å²) in [6.45, 7) is 3.48. The average molecular weight is 711 g/mol. The normalized spacial score (nSPS) is 31.1. The van der Waals surface area contributed by atoms with Gasteiger partial charge < -0.3 is 64.2 Å². The SMILES string of the molecule is CCCCCCCCCCCCCCOCC(COC1OC(COC2OC(CO)C(O)C(O)C2O)C(O)C(O)C1O)OC(=O)CCCCC. The van der Waals surface area contributed by atoms with Crippen molar-refractivity contribution in [3.8, 4) is 0 Å². The van der Waals surface area contributed by atoms with E-state index in [-0.39, 0.29) is 19.6 Å². The van der Waals surface area contributed by atoms with E-state index in [0.717, 1.165) is 32.1 Å². The largest absolute Gasteiger partial charge is 0.457 e. The molecule has 290 valence electrons. The molecular weight excluding hydrogens is 644 g/mol. The van der Waals surface area contributed by atoms with E-state index >= 15 is 0 Å². The molecule has 11 atom stereocenters. The number of carbonyl (C=O) groups excluding carboxylic acids is 1. The third-order valence-electron chi connectivity index (χ3n) is 9.12. The predicted molar refractivity (Wildman–Crippen MR) is 178 cm³/mol. The summed E-state index contributed by atoms with van der Waals surface area (Å²) in [5.41, 5.74) is 0. The van der Waals surface area contributed by atoms with Crippen molar-refractivity contribution < 1.29 is 69.0 Å². The molecule has 0 spiro atoms. The van der Waals surface area contributed by atoms with Crippen LogP contribution in [0, 0.1) is 0 Å². The van der Waals surface area contributed by atoms with Crippen LogP contribution in [0.4, 0.5) is 0 Å². The predicted octanol–water partition coefficient (Wildman–Crippen LogP) is 1.84. The maximum Gasteiger partial charge on any atom is 0.306 e. The first-order valence-electron chi connectivity index (χ1n) is 18.6. The van der Waals surface area contributed by atoms with Gasteiger partial charge in [-0.05, 0) is 12.8 Å². The maximum atomic E-state index is 12.5. The Morgan fingerprint density at radius 3 is 1.65 bits per heavy atom. The minimum Gasteiger partial charge on any atom is -0.457 e. The number of esters is 1. The molecular formula is C35H66O14. The molecule has 2 saturated heterocycles. The Hall–Kier alpha value is -1.01. The number of aliphatic hydroxyl groups excluding tert-OH is 7. The lowest BCUT2D eigenvalue weighted by Crippen LogP contribution is -2.61. The molecule has 2 aliphatic rings. The Morgan fingerprint density at radius 1 is 0.592 bits per heavy atom. The van der Waals surface area contributed by atoms with Gasteiger partial charge in [0.05, 0.1) is 26.4 Å². The topological polar surface area (TPSA) is 214 Å². The van der Waals surface area contributed by atoms with E-state index in [2.05, 4.69) is 6.92 Å². The Bertz CT molecular complexity index is 834. The van der Waals surface area contributed by atoms with Gasteiger partial charge >= 0.3 is 5.97 Å². The van der Waals surface area contributed by atoms with Crippen LogP contribution in [0.3, 0.4) is 0 Å².